The van der Waals surface area contributed by atoms with Crippen LogP contribution in [-0.4, -0.2) is 4.98 Å². The largest absolute Gasteiger partial charge is 0.455 e. The highest BCUT2D eigenvalue weighted by atomic mass is 16.3. The minimum atomic E-state index is 0.559. The molecule has 0 aliphatic heterocycles. The van der Waals surface area contributed by atoms with Gasteiger partial charge >= 0.3 is 0 Å². The molecule has 0 spiro atoms. The van der Waals surface area contributed by atoms with E-state index in [2.05, 4.69) is 142 Å². The van der Waals surface area contributed by atoms with E-state index in [1.807, 2.05) is 0 Å². The van der Waals surface area contributed by atoms with Gasteiger partial charge in [-0.2, -0.15) is 0 Å². The molecule has 230 valence electrons. The second-order valence-corrected chi connectivity index (χ2v) is 14.0. The van der Waals surface area contributed by atoms with Crippen molar-refractivity contribution < 1.29 is 8.83 Å². The number of H-pyrrole nitrogens is 1. The normalized spacial score (nSPS) is 12.4. The maximum absolute atomic E-state index is 6.71. The summed E-state index contributed by atoms with van der Waals surface area (Å²) in [5.41, 5.74) is 13.2. The summed E-state index contributed by atoms with van der Waals surface area (Å²) < 4.78 is 13.4. The molecule has 6 aromatic carbocycles. The maximum Gasteiger partial charge on any atom is 0.143 e. The number of aromatic nitrogens is 1. The number of benzene rings is 6. The molecule has 0 radical (unpaired) electrons. The third-order valence-corrected chi connectivity index (χ3v) is 9.69. The molecule has 3 aromatic heterocycles. The van der Waals surface area contributed by atoms with E-state index in [0.717, 1.165) is 68.5 Å². The van der Waals surface area contributed by atoms with Crippen LogP contribution in [0.1, 0.15) is 38.8 Å². The van der Waals surface area contributed by atoms with Crippen LogP contribution in [-0.2, 0) is 12.8 Å². The van der Waals surface area contributed by atoms with E-state index < -0.39 is 0 Å². The molecule has 0 aliphatic carbocycles. The molecule has 3 heterocycles. The van der Waals surface area contributed by atoms with Crippen molar-refractivity contribution >= 4 is 65.7 Å². The van der Waals surface area contributed by atoms with Gasteiger partial charge < -0.3 is 13.8 Å². The Morgan fingerprint density at radius 1 is 0.447 bits per heavy atom. The van der Waals surface area contributed by atoms with Gasteiger partial charge in [-0.05, 0) is 71.2 Å². The summed E-state index contributed by atoms with van der Waals surface area (Å²) in [4.78, 5) is 3.66. The Labute approximate surface area is 273 Å². The first-order valence-electron chi connectivity index (χ1n) is 16.9. The Morgan fingerprint density at radius 3 is 1.28 bits per heavy atom. The summed E-state index contributed by atoms with van der Waals surface area (Å²) in [6.07, 6.45) is 1.99. The topological polar surface area (TPSA) is 42.1 Å². The second kappa shape index (κ2) is 10.6. The van der Waals surface area contributed by atoms with Gasteiger partial charge in [-0.15, -0.1) is 0 Å². The number of aromatic amines is 1. The van der Waals surface area contributed by atoms with Gasteiger partial charge in [0.05, 0.1) is 0 Å². The van der Waals surface area contributed by atoms with Crippen molar-refractivity contribution in [2.24, 2.45) is 11.8 Å². The molecule has 1 N–H and O–H groups in total. The third kappa shape index (κ3) is 4.48. The van der Waals surface area contributed by atoms with Crippen molar-refractivity contribution in [2.45, 2.75) is 40.5 Å². The van der Waals surface area contributed by atoms with Gasteiger partial charge in [0.1, 0.15) is 22.3 Å². The van der Waals surface area contributed by atoms with Crippen LogP contribution >= 0.6 is 0 Å². The van der Waals surface area contributed by atoms with E-state index in [-0.39, 0.29) is 0 Å². The van der Waals surface area contributed by atoms with Crippen LogP contribution in [0.4, 0.5) is 0 Å². The van der Waals surface area contributed by atoms with Gasteiger partial charge in [0.2, 0.25) is 0 Å². The van der Waals surface area contributed by atoms with Crippen LogP contribution in [0.15, 0.2) is 118 Å². The van der Waals surface area contributed by atoms with E-state index in [4.69, 9.17) is 8.83 Å². The van der Waals surface area contributed by atoms with Crippen molar-refractivity contribution in [1.82, 2.24) is 4.98 Å². The lowest BCUT2D eigenvalue weighted by Gasteiger charge is -2.05. The summed E-state index contributed by atoms with van der Waals surface area (Å²) >= 11 is 0. The highest BCUT2D eigenvalue weighted by Gasteiger charge is 2.18. The highest BCUT2D eigenvalue weighted by molar-refractivity contribution is 6.15. The molecule has 3 heteroatoms. The Bertz CT molecular complexity index is 2460. The van der Waals surface area contributed by atoms with Gasteiger partial charge in [-0.3, -0.25) is 0 Å². The predicted octanol–water partition coefficient (Wildman–Crippen LogP) is 12.9. The SMILES string of the molecule is CC(C)Cc1cccc2c1oc1c(-c3ccc4[nH]c5ccc(-c6cccc7c6oc6c(CC(C)C)cccc67)cc5c4c3)cccc12. The first-order valence-corrected chi connectivity index (χ1v) is 16.9. The van der Waals surface area contributed by atoms with E-state index in [1.54, 1.807) is 0 Å². The molecule has 9 rings (SSSR count). The monoisotopic (exact) mass is 611 g/mol. The number of furan rings is 2. The number of para-hydroxylation sites is 4. The van der Waals surface area contributed by atoms with E-state index in [0.29, 0.717) is 11.8 Å². The molecule has 0 bridgehead atoms. The third-order valence-electron chi connectivity index (χ3n) is 9.69. The van der Waals surface area contributed by atoms with Crippen LogP contribution in [0.3, 0.4) is 0 Å². The number of fused-ring (bicyclic) bond motifs is 9. The number of hydrogen-bond acceptors (Lipinski definition) is 2. The molecule has 0 amide bonds. The molecule has 0 saturated carbocycles. The Balaban J connectivity index is 1.20. The highest BCUT2D eigenvalue weighted by Crippen LogP contribution is 2.41. The average Bonchev–Trinajstić information content (AvgIpc) is 3.76. The lowest BCUT2D eigenvalue weighted by molar-refractivity contribution is 0.624. The first kappa shape index (κ1) is 28.0. The van der Waals surface area contributed by atoms with Gasteiger partial charge in [-0.25, -0.2) is 0 Å². The summed E-state index contributed by atoms with van der Waals surface area (Å²) in [5, 5.41) is 7.11. The van der Waals surface area contributed by atoms with E-state index in [1.165, 1.54) is 43.4 Å². The quantitative estimate of drug-likeness (QED) is 0.203. The number of rotatable bonds is 6. The van der Waals surface area contributed by atoms with Gasteiger partial charge in [0.25, 0.3) is 0 Å². The van der Waals surface area contributed by atoms with Crippen molar-refractivity contribution in [3.8, 4) is 22.3 Å². The lowest BCUT2D eigenvalue weighted by Crippen LogP contribution is -1.93. The van der Waals surface area contributed by atoms with Gasteiger partial charge in [0, 0.05) is 54.5 Å². The van der Waals surface area contributed by atoms with Gasteiger partial charge in [0.15, 0.2) is 0 Å². The van der Waals surface area contributed by atoms with E-state index in [9.17, 15) is 0 Å². The number of nitrogens with one attached hydrogen (secondary N) is 1. The van der Waals surface area contributed by atoms with Crippen LogP contribution in [0.5, 0.6) is 0 Å². The first-order chi connectivity index (χ1) is 22.9. The fourth-order valence-corrected chi connectivity index (χ4v) is 7.65. The van der Waals surface area contributed by atoms with E-state index >= 15 is 0 Å². The van der Waals surface area contributed by atoms with Gasteiger partial charge in [-0.1, -0.05) is 113 Å². The standard InChI is InChI=1S/C44H37NO2/c1-25(2)21-29-9-5-13-33-35-15-7-11-31(43(35)46-41(29)33)27-17-19-39-37(23-27)38-24-28(18-20-40(38)45-39)32-12-8-16-36-34-14-6-10-30(22-26(3)4)42(34)47-44(32)36/h5-20,23-26,45H,21-22H2,1-4H3. The molecule has 0 unspecified atom stereocenters. The summed E-state index contributed by atoms with van der Waals surface area (Å²) in [6.45, 7) is 9.04. The fourth-order valence-electron chi connectivity index (χ4n) is 7.65. The smallest absolute Gasteiger partial charge is 0.143 e. The minimum Gasteiger partial charge on any atom is -0.455 e. The molecule has 3 nitrogen and oxygen atoms in total. The van der Waals surface area contributed by atoms with Crippen molar-refractivity contribution in [3.05, 3.63) is 120 Å². The summed E-state index contributed by atoms with van der Waals surface area (Å²) in [5.74, 6) is 1.12. The summed E-state index contributed by atoms with van der Waals surface area (Å²) in [7, 11) is 0. The molecule has 0 atom stereocenters. The molecule has 0 fully saturated rings. The molecular formula is C44H37NO2. The number of hydrogen-bond donors (Lipinski definition) is 1. The predicted molar refractivity (Wildman–Crippen MR) is 198 cm³/mol. The molecular weight excluding hydrogens is 574 g/mol. The lowest BCUT2D eigenvalue weighted by atomic mass is 9.97. The van der Waals surface area contributed by atoms with Crippen molar-refractivity contribution in [3.63, 3.8) is 0 Å². The summed E-state index contributed by atoms with van der Waals surface area (Å²) in [6, 6.07) is 39.6. The molecule has 0 aliphatic rings. The van der Waals surface area contributed by atoms with Crippen LogP contribution in [0, 0.1) is 11.8 Å². The zero-order valence-electron chi connectivity index (χ0n) is 27.3. The van der Waals surface area contributed by atoms with Crippen LogP contribution < -0.4 is 0 Å². The maximum atomic E-state index is 6.71. The zero-order valence-corrected chi connectivity index (χ0v) is 27.3. The second-order valence-electron chi connectivity index (χ2n) is 14.0. The minimum absolute atomic E-state index is 0.559. The van der Waals surface area contributed by atoms with Crippen LogP contribution in [0.2, 0.25) is 0 Å². The average molecular weight is 612 g/mol. The Hall–Kier alpha value is -5.28. The van der Waals surface area contributed by atoms with Crippen LogP contribution in [0.25, 0.3) is 87.9 Å². The Kier molecular flexibility index (Phi) is 6.33. The zero-order chi connectivity index (χ0) is 31.8. The molecule has 9 aromatic rings. The fraction of sp³-hybridized carbons (Fsp3) is 0.182. The molecule has 47 heavy (non-hydrogen) atoms. The molecule has 0 saturated heterocycles. The Morgan fingerprint density at radius 2 is 0.851 bits per heavy atom. The van der Waals surface area contributed by atoms with Crippen molar-refractivity contribution in [2.75, 3.05) is 0 Å². The van der Waals surface area contributed by atoms with Crippen molar-refractivity contribution in [1.29, 1.82) is 0 Å².